The zero-order valence-corrected chi connectivity index (χ0v) is 16.9. The third kappa shape index (κ3) is 4.39. The van der Waals surface area contributed by atoms with Crippen molar-refractivity contribution < 1.29 is 27.7 Å². The van der Waals surface area contributed by atoms with Gasteiger partial charge in [0.05, 0.1) is 11.4 Å². The van der Waals surface area contributed by atoms with Crippen molar-refractivity contribution >= 4 is 27.1 Å². The average Bonchev–Trinajstić information content (AvgIpc) is 2.63. The second-order valence-electron chi connectivity index (χ2n) is 6.33. The largest absolute Gasteiger partial charge is 0.616 e. The molecular formula is C17H22N2O6S2. The molecule has 2 rings (SSSR count). The number of sulfonamides is 1. The molecule has 8 nitrogen and oxygen atoms in total. The lowest BCUT2D eigenvalue weighted by molar-refractivity contribution is -0.134. The summed E-state index contributed by atoms with van der Waals surface area (Å²) in [4.78, 5) is 12.2. The van der Waals surface area contributed by atoms with Crippen molar-refractivity contribution in [1.29, 1.82) is 0 Å². The summed E-state index contributed by atoms with van der Waals surface area (Å²) in [5.41, 5.74) is 1.49. The van der Waals surface area contributed by atoms with Gasteiger partial charge >= 0.3 is 0 Å². The molecule has 0 radical (unpaired) electrons. The fourth-order valence-electron chi connectivity index (χ4n) is 2.84. The van der Waals surface area contributed by atoms with Gasteiger partial charge in [-0.2, -0.15) is 4.31 Å². The van der Waals surface area contributed by atoms with Gasteiger partial charge in [0, 0.05) is 0 Å². The number of ether oxygens (including phenoxy) is 1. The molecule has 1 fully saturated rings. The zero-order valence-electron chi connectivity index (χ0n) is 15.3. The first-order chi connectivity index (χ1) is 12.7. The van der Waals surface area contributed by atoms with Crippen LogP contribution in [-0.4, -0.2) is 58.1 Å². The summed E-state index contributed by atoms with van der Waals surface area (Å²) in [5, 5.41) is 9.05. The van der Waals surface area contributed by atoms with Crippen LogP contribution in [0.15, 0.2) is 29.2 Å². The summed E-state index contributed by atoms with van der Waals surface area (Å²) < 4.78 is 43.7. The fourth-order valence-corrected chi connectivity index (χ4v) is 6.11. The maximum Gasteiger partial charge on any atom is 0.267 e. The normalized spacial score (nSPS) is 22.4. The van der Waals surface area contributed by atoms with Gasteiger partial charge in [0.1, 0.15) is 22.9 Å². The van der Waals surface area contributed by atoms with Gasteiger partial charge in [-0.05, 0) is 56.2 Å². The van der Waals surface area contributed by atoms with Crippen molar-refractivity contribution in [2.75, 3.05) is 18.9 Å². The minimum absolute atomic E-state index is 0.0318. The first kappa shape index (κ1) is 21.5. The van der Waals surface area contributed by atoms with Crippen LogP contribution in [0.5, 0.6) is 5.75 Å². The second-order valence-corrected chi connectivity index (χ2v) is 10.4. The molecule has 148 valence electrons. The Bertz CT molecular complexity index is 842. The Morgan fingerprint density at radius 1 is 1.44 bits per heavy atom. The first-order valence-corrected chi connectivity index (χ1v) is 10.9. The number of amides is 1. The molecule has 0 bridgehead atoms. The summed E-state index contributed by atoms with van der Waals surface area (Å²) in [6.07, 6.45) is 0. The number of hydrogen-bond acceptors (Lipinski definition) is 6. The van der Waals surface area contributed by atoms with E-state index in [9.17, 15) is 17.8 Å². The molecule has 0 saturated carbocycles. The van der Waals surface area contributed by atoms with Gasteiger partial charge < -0.3 is 9.29 Å². The van der Waals surface area contributed by atoms with Gasteiger partial charge in [-0.3, -0.25) is 10.0 Å². The van der Waals surface area contributed by atoms with Crippen molar-refractivity contribution in [2.24, 2.45) is 0 Å². The Kier molecular flexibility index (Phi) is 6.77. The molecule has 1 saturated heterocycles. The van der Waals surface area contributed by atoms with Crippen molar-refractivity contribution in [3.63, 3.8) is 0 Å². The fraction of sp³-hybridized carbons (Fsp3) is 0.471. The van der Waals surface area contributed by atoms with Crippen molar-refractivity contribution in [1.82, 2.24) is 9.79 Å². The molecule has 1 aliphatic heterocycles. The topological polar surface area (TPSA) is 119 Å². The Morgan fingerprint density at radius 2 is 2.07 bits per heavy atom. The lowest BCUT2D eigenvalue weighted by Gasteiger charge is -2.44. The van der Waals surface area contributed by atoms with E-state index in [0.29, 0.717) is 5.75 Å². The SMILES string of the molecule is CC#CCOc1ccc(S(=O)(=O)N2CC[S@@+]([O-])C(C)(C)[C@@H]2C(=O)NO)cc1. The summed E-state index contributed by atoms with van der Waals surface area (Å²) in [6, 6.07) is 4.43. The molecule has 1 aromatic rings. The van der Waals surface area contributed by atoms with Crippen LogP contribution in [0.2, 0.25) is 0 Å². The molecule has 27 heavy (non-hydrogen) atoms. The molecule has 1 aromatic carbocycles. The molecular weight excluding hydrogens is 392 g/mol. The highest BCUT2D eigenvalue weighted by molar-refractivity contribution is 7.93. The van der Waals surface area contributed by atoms with Crippen molar-refractivity contribution in [2.45, 2.75) is 36.5 Å². The minimum Gasteiger partial charge on any atom is -0.616 e. The van der Waals surface area contributed by atoms with E-state index in [1.54, 1.807) is 6.92 Å². The Hall–Kier alpha value is -1.77. The van der Waals surface area contributed by atoms with Gasteiger partial charge in [-0.1, -0.05) is 5.92 Å². The number of hydroxylamine groups is 1. The number of rotatable bonds is 5. The van der Waals surface area contributed by atoms with Gasteiger partial charge in [0.15, 0.2) is 6.04 Å². The molecule has 0 aliphatic carbocycles. The quantitative estimate of drug-likeness (QED) is 0.313. The van der Waals surface area contributed by atoms with Crippen LogP contribution in [-0.2, 0) is 26.0 Å². The maximum atomic E-state index is 13.1. The highest BCUT2D eigenvalue weighted by atomic mass is 32.2. The summed E-state index contributed by atoms with van der Waals surface area (Å²) in [7, 11) is -4.06. The zero-order chi connectivity index (χ0) is 20.2. The van der Waals surface area contributed by atoms with E-state index in [2.05, 4.69) is 11.8 Å². The summed E-state index contributed by atoms with van der Waals surface area (Å²) >= 11 is -1.43. The molecule has 1 amide bonds. The maximum absolute atomic E-state index is 13.1. The highest BCUT2D eigenvalue weighted by Gasteiger charge is 2.55. The van der Waals surface area contributed by atoms with E-state index >= 15 is 0 Å². The van der Waals surface area contributed by atoms with Crippen LogP contribution < -0.4 is 10.2 Å². The van der Waals surface area contributed by atoms with E-state index in [1.807, 2.05) is 0 Å². The van der Waals surface area contributed by atoms with E-state index in [-0.39, 0.29) is 23.8 Å². The van der Waals surface area contributed by atoms with Gasteiger partial charge in [-0.15, -0.1) is 5.92 Å². The van der Waals surface area contributed by atoms with Crippen LogP contribution in [0, 0.1) is 11.8 Å². The number of hydrogen-bond donors (Lipinski definition) is 2. The molecule has 1 heterocycles. The smallest absolute Gasteiger partial charge is 0.267 e. The summed E-state index contributed by atoms with van der Waals surface area (Å²) in [6.45, 7) is 4.85. The molecule has 2 atom stereocenters. The predicted molar refractivity (Wildman–Crippen MR) is 100 cm³/mol. The van der Waals surface area contributed by atoms with Gasteiger partial charge in [0.25, 0.3) is 5.91 Å². The van der Waals surface area contributed by atoms with E-state index < -0.39 is 37.9 Å². The van der Waals surface area contributed by atoms with Crippen LogP contribution >= 0.6 is 0 Å². The number of benzene rings is 1. The van der Waals surface area contributed by atoms with Crippen molar-refractivity contribution in [3.8, 4) is 17.6 Å². The number of carbonyl (C=O) groups excluding carboxylic acids is 1. The van der Waals surface area contributed by atoms with Crippen LogP contribution in [0.1, 0.15) is 20.8 Å². The standard InChI is InChI=1S/C17H22N2O6S2/c1-4-5-11-25-13-6-8-14(9-7-13)27(23,24)19-10-12-26(22)17(2,3)15(19)16(20)18-21/h6-9,15,21H,10-12H2,1-3H3,(H,18,20)/t15-,26+/m0/s1. The third-order valence-corrected chi connectivity index (χ3v) is 8.14. The molecule has 1 aliphatic rings. The molecule has 0 aromatic heterocycles. The third-order valence-electron chi connectivity index (χ3n) is 4.31. The van der Waals surface area contributed by atoms with E-state index in [1.165, 1.54) is 43.6 Å². The second kappa shape index (κ2) is 8.50. The molecule has 0 unspecified atom stereocenters. The number of carbonyl (C=O) groups is 1. The minimum atomic E-state index is -4.06. The number of nitrogens with zero attached hydrogens (tertiary/aromatic N) is 1. The average molecular weight is 415 g/mol. The van der Waals surface area contributed by atoms with Crippen LogP contribution in [0.3, 0.4) is 0 Å². The van der Waals surface area contributed by atoms with Crippen molar-refractivity contribution in [3.05, 3.63) is 24.3 Å². The number of nitrogens with one attached hydrogen (secondary N) is 1. The highest BCUT2D eigenvalue weighted by Crippen LogP contribution is 2.34. The van der Waals surface area contributed by atoms with Gasteiger partial charge in [0.2, 0.25) is 10.0 Å². The predicted octanol–water partition coefficient (Wildman–Crippen LogP) is 0.494. The molecule has 10 heteroatoms. The van der Waals surface area contributed by atoms with Gasteiger partial charge in [-0.25, -0.2) is 13.9 Å². The summed E-state index contributed by atoms with van der Waals surface area (Å²) in [5.74, 6) is 5.06. The van der Waals surface area contributed by atoms with Crippen LogP contribution in [0.4, 0.5) is 0 Å². The Morgan fingerprint density at radius 3 is 2.63 bits per heavy atom. The first-order valence-electron chi connectivity index (χ1n) is 8.13. The monoisotopic (exact) mass is 414 g/mol. The Labute approximate surface area is 162 Å². The molecule has 0 spiro atoms. The van der Waals surface area contributed by atoms with E-state index in [4.69, 9.17) is 9.94 Å². The van der Waals surface area contributed by atoms with Crippen LogP contribution in [0.25, 0.3) is 0 Å². The van der Waals surface area contributed by atoms with E-state index in [0.717, 1.165) is 4.31 Å². The Balaban J connectivity index is 2.35. The lowest BCUT2D eigenvalue weighted by atomic mass is 10.0. The lowest BCUT2D eigenvalue weighted by Crippen LogP contribution is -2.66. The molecule has 2 N–H and O–H groups in total.